The number of ether oxygens (including phenoxy) is 1. The number of morpholine rings is 1. The number of amides is 1. The second-order valence-electron chi connectivity index (χ2n) is 5.75. The third-order valence-electron chi connectivity index (χ3n) is 4.44. The Morgan fingerprint density at radius 2 is 2.28 bits per heavy atom. The van der Waals surface area contributed by atoms with Crippen LogP contribution in [0.3, 0.4) is 0 Å². The SMILES string of the molecule is CCN1CCOC(CN2C(=O)C3(CC3)NC2C)C1. The molecular formula is C13H23N3O2. The minimum absolute atomic E-state index is 0.153. The molecule has 1 spiro atoms. The summed E-state index contributed by atoms with van der Waals surface area (Å²) < 4.78 is 5.79. The van der Waals surface area contributed by atoms with Gasteiger partial charge in [0.25, 0.3) is 0 Å². The molecule has 2 atom stereocenters. The van der Waals surface area contributed by atoms with Crippen molar-refractivity contribution in [2.45, 2.75) is 44.5 Å². The van der Waals surface area contributed by atoms with Crippen LogP contribution >= 0.6 is 0 Å². The Morgan fingerprint density at radius 1 is 1.50 bits per heavy atom. The lowest BCUT2D eigenvalue weighted by Gasteiger charge is -2.35. The van der Waals surface area contributed by atoms with Crippen LogP contribution < -0.4 is 5.32 Å². The number of nitrogens with zero attached hydrogens (tertiary/aromatic N) is 2. The number of carbonyl (C=O) groups is 1. The van der Waals surface area contributed by atoms with E-state index in [1.54, 1.807) is 0 Å². The van der Waals surface area contributed by atoms with Crippen LogP contribution in [0.25, 0.3) is 0 Å². The molecule has 3 aliphatic rings. The molecule has 1 amide bonds. The second-order valence-corrected chi connectivity index (χ2v) is 5.75. The molecule has 1 aliphatic carbocycles. The quantitative estimate of drug-likeness (QED) is 0.770. The zero-order valence-corrected chi connectivity index (χ0v) is 11.3. The van der Waals surface area contributed by atoms with Crippen molar-refractivity contribution in [1.82, 2.24) is 15.1 Å². The Hall–Kier alpha value is -0.650. The molecule has 5 heteroatoms. The van der Waals surface area contributed by atoms with Gasteiger partial charge in [-0.3, -0.25) is 15.0 Å². The fourth-order valence-electron chi connectivity index (χ4n) is 3.11. The van der Waals surface area contributed by atoms with Crippen LogP contribution in [0.1, 0.15) is 26.7 Å². The van der Waals surface area contributed by atoms with Crippen LogP contribution in [-0.2, 0) is 9.53 Å². The zero-order chi connectivity index (χ0) is 12.8. The molecule has 0 aromatic heterocycles. The lowest BCUT2D eigenvalue weighted by Crippen LogP contribution is -2.49. The summed E-state index contributed by atoms with van der Waals surface area (Å²) in [6, 6.07) is 0. The van der Waals surface area contributed by atoms with Crippen LogP contribution in [-0.4, -0.2) is 66.3 Å². The lowest BCUT2D eigenvalue weighted by atomic mass is 10.2. The summed E-state index contributed by atoms with van der Waals surface area (Å²) in [5, 5.41) is 3.43. The van der Waals surface area contributed by atoms with Crippen molar-refractivity contribution in [2.24, 2.45) is 0 Å². The highest BCUT2D eigenvalue weighted by atomic mass is 16.5. The summed E-state index contributed by atoms with van der Waals surface area (Å²) in [5.74, 6) is 0.284. The fraction of sp³-hybridized carbons (Fsp3) is 0.923. The normalized spacial score (nSPS) is 35.4. The molecule has 5 nitrogen and oxygen atoms in total. The van der Waals surface area contributed by atoms with Crippen molar-refractivity contribution in [2.75, 3.05) is 32.8 Å². The number of likely N-dealkylation sites (N-methyl/N-ethyl adjacent to an activating group) is 1. The molecule has 0 aromatic carbocycles. The molecule has 0 radical (unpaired) electrons. The average Bonchev–Trinajstić information content (AvgIpc) is 3.11. The van der Waals surface area contributed by atoms with Crippen LogP contribution in [0, 0.1) is 0 Å². The van der Waals surface area contributed by atoms with Gasteiger partial charge in [0.05, 0.1) is 24.4 Å². The molecule has 3 fully saturated rings. The van der Waals surface area contributed by atoms with E-state index in [1.165, 1.54) is 0 Å². The first-order chi connectivity index (χ1) is 8.64. The van der Waals surface area contributed by atoms with Crippen molar-refractivity contribution in [3.63, 3.8) is 0 Å². The van der Waals surface area contributed by atoms with Gasteiger partial charge in [-0.05, 0) is 26.3 Å². The Bertz CT molecular complexity index is 343. The molecule has 0 aromatic rings. The third-order valence-corrected chi connectivity index (χ3v) is 4.44. The highest BCUT2D eigenvalue weighted by Crippen LogP contribution is 2.42. The van der Waals surface area contributed by atoms with Gasteiger partial charge in [0.2, 0.25) is 5.91 Å². The second kappa shape index (κ2) is 4.47. The van der Waals surface area contributed by atoms with E-state index in [4.69, 9.17) is 4.74 Å². The van der Waals surface area contributed by atoms with Crippen molar-refractivity contribution in [1.29, 1.82) is 0 Å². The smallest absolute Gasteiger partial charge is 0.244 e. The molecule has 102 valence electrons. The molecule has 1 N–H and O–H groups in total. The lowest BCUT2D eigenvalue weighted by molar-refractivity contribution is -0.133. The molecule has 3 rings (SSSR count). The maximum absolute atomic E-state index is 12.3. The summed E-state index contributed by atoms with van der Waals surface area (Å²) in [6.07, 6.45) is 2.32. The van der Waals surface area contributed by atoms with E-state index < -0.39 is 0 Å². The van der Waals surface area contributed by atoms with Crippen molar-refractivity contribution < 1.29 is 9.53 Å². The van der Waals surface area contributed by atoms with Crippen molar-refractivity contribution in [3.8, 4) is 0 Å². The minimum atomic E-state index is -0.196. The third kappa shape index (κ3) is 2.04. The van der Waals surface area contributed by atoms with Gasteiger partial charge < -0.3 is 9.64 Å². The summed E-state index contributed by atoms with van der Waals surface area (Å²) in [7, 11) is 0. The summed E-state index contributed by atoms with van der Waals surface area (Å²) >= 11 is 0. The van der Waals surface area contributed by atoms with Gasteiger partial charge in [0.15, 0.2) is 0 Å². The average molecular weight is 253 g/mol. The number of carbonyl (C=O) groups excluding carboxylic acids is 1. The van der Waals surface area contributed by atoms with Crippen LogP contribution in [0.4, 0.5) is 0 Å². The molecule has 2 heterocycles. The van der Waals surface area contributed by atoms with Crippen molar-refractivity contribution >= 4 is 5.91 Å². The first-order valence-electron chi connectivity index (χ1n) is 7.07. The Kier molecular flexibility index (Phi) is 3.08. The van der Waals surface area contributed by atoms with E-state index in [-0.39, 0.29) is 23.7 Å². The molecule has 2 saturated heterocycles. The Balaban J connectivity index is 1.60. The van der Waals surface area contributed by atoms with E-state index in [9.17, 15) is 4.79 Å². The fourth-order valence-corrected chi connectivity index (χ4v) is 3.11. The molecular weight excluding hydrogens is 230 g/mol. The monoisotopic (exact) mass is 253 g/mol. The van der Waals surface area contributed by atoms with Gasteiger partial charge in [0.1, 0.15) is 0 Å². The highest BCUT2D eigenvalue weighted by molar-refractivity contribution is 5.91. The number of hydrogen-bond donors (Lipinski definition) is 1. The molecule has 2 unspecified atom stereocenters. The van der Waals surface area contributed by atoms with Gasteiger partial charge in [-0.25, -0.2) is 0 Å². The predicted octanol–water partition coefficient (Wildman–Crippen LogP) is 0.0175. The van der Waals surface area contributed by atoms with Gasteiger partial charge >= 0.3 is 0 Å². The van der Waals surface area contributed by atoms with E-state index in [1.807, 2.05) is 4.90 Å². The summed E-state index contributed by atoms with van der Waals surface area (Å²) in [5.41, 5.74) is -0.196. The van der Waals surface area contributed by atoms with E-state index in [2.05, 4.69) is 24.1 Å². The minimum Gasteiger partial charge on any atom is -0.374 e. The van der Waals surface area contributed by atoms with Gasteiger partial charge in [-0.2, -0.15) is 0 Å². The van der Waals surface area contributed by atoms with Gasteiger partial charge in [-0.15, -0.1) is 0 Å². The summed E-state index contributed by atoms with van der Waals surface area (Å²) in [4.78, 5) is 16.7. The largest absolute Gasteiger partial charge is 0.374 e. The van der Waals surface area contributed by atoms with E-state index in [0.29, 0.717) is 0 Å². The number of hydrogen-bond acceptors (Lipinski definition) is 4. The zero-order valence-electron chi connectivity index (χ0n) is 11.3. The molecule has 2 aliphatic heterocycles. The number of nitrogens with one attached hydrogen (secondary N) is 1. The van der Waals surface area contributed by atoms with Crippen molar-refractivity contribution in [3.05, 3.63) is 0 Å². The van der Waals surface area contributed by atoms with Gasteiger partial charge in [0, 0.05) is 19.6 Å². The van der Waals surface area contributed by atoms with Crippen LogP contribution in [0.2, 0.25) is 0 Å². The maximum Gasteiger partial charge on any atom is 0.244 e. The molecule has 1 saturated carbocycles. The van der Waals surface area contributed by atoms with Crippen LogP contribution in [0.5, 0.6) is 0 Å². The Labute approximate surface area is 108 Å². The molecule has 0 bridgehead atoms. The topological polar surface area (TPSA) is 44.8 Å². The standard InChI is InChI=1S/C13H23N3O2/c1-3-15-6-7-18-11(8-15)9-16-10(2)14-13(4-5-13)12(16)17/h10-11,14H,3-9H2,1-2H3. The Morgan fingerprint density at radius 3 is 2.89 bits per heavy atom. The van der Waals surface area contributed by atoms with E-state index in [0.717, 1.165) is 45.6 Å². The first kappa shape index (κ1) is 12.4. The van der Waals surface area contributed by atoms with Crippen LogP contribution in [0.15, 0.2) is 0 Å². The van der Waals surface area contributed by atoms with E-state index >= 15 is 0 Å². The predicted molar refractivity (Wildman–Crippen MR) is 68.1 cm³/mol. The highest BCUT2D eigenvalue weighted by Gasteiger charge is 2.58. The summed E-state index contributed by atoms with van der Waals surface area (Å²) in [6.45, 7) is 8.78. The first-order valence-corrected chi connectivity index (χ1v) is 7.07. The maximum atomic E-state index is 12.3. The molecule has 18 heavy (non-hydrogen) atoms. The number of rotatable bonds is 3. The van der Waals surface area contributed by atoms with Gasteiger partial charge in [-0.1, -0.05) is 6.92 Å².